The first-order chi connectivity index (χ1) is 10.8. The Morgan fingerprint density at radius 2 is 2.00 bits per heavy atom. The molecule has 118 valence electrons. The molecule has 0 saturated carbocycles. The zero-order valence-corrected chi connectivity index (χ0v) is 13.3. The third-order valence-corrected chi connectivity index (χ3v) is 4.51. The van der Waals surface area contributed by atoms with Crippen LogP contribution in [0.5, 0.6) is 0 Å². The van der Waals surface area contributed by atoms with Crippen molar-refractivity contribution in [1.29, 1.82) is 0 Å². The summed E-state index contributed by atoms with van der Waals surface area (Å²) in [5.41, 5.74) is 2.12. The summed E-state index contributed by atoms with van der Waals surface area (Å²) in [7, 11) is 2.03. The van der Waals surface area contributed by atoms with Crippen molar-refractivity contribution in [2.45, 2.75) is 25.8 Å². The van der Waals surface area contributed by atoms with Gasteiger partial charge in [0.25, 0.3) is 0 Å². The van der Waals surface area contributed by atoms with E-state index in [1.165, 1.54) is 32.4 Å². The van der Waals surface area contributed by atoms with Gasteiger partial charge in [0, 0.05) is 18.2 Å². The molecule has 3 rings (SSSR count). The van der Waals surface area contributed by atoms with E-state index in [1.54, 1.807) is 0 Å². The van der Waals surface area contributed by atoms with Crippen molar-refractivity contribution in [3.05, 3.63) is 42.1 Å². The van der Waals surface area contributed by atoms with Gasteiger partial charge in [-0.3, -0.25) is 4.90 Å². The molecule has 2 aromatic rings. The molecular formula is C18H25N3O. The minimum atomic E-state index is 0.861. The molecule has 2 heterocycles. The fraction of sp³-hybridized carbons (Fsp3) is 0.500. The maximum absolute atomic E-state index is 5.48. The second-order valence-corrected chi connectivity index (χ2v) is 6.16. The van der Waals surface area contributed by atoms with Crippen LogP contribution in [0.1, 0.15) is 25.0 Å². The van der Waals surface area contributed by atoms with Gasteiger partial charge < -0.3 is 9.84 Å². The average molecular weight is 299 g/mol. The van der Waals surface area contributed by atoms with Gasteiger partial charge in [0.2, 0.25) is 0 Å². The second kappa shape index (κ2) is 7.56. The molecule has 1 aromatic heterocycles. The summed E-state index contributed by atoms with van der Waals surface area (Å²) in [5, 5.41) is 7.48. The number of likely N-dealkylation sites (tertiary alicyclic amines) is 1. The van der Waals surface area contributed by atoms with E-state index in [9.17, 15) is 0 Å². The molecule has 4 nitrogen and oxygen atoms in total. The van der Waals surface area contributed by atoms with Crippen molar-refractivity contribution < 1.29 is 4.52 Å². The Bertz CT molecular complexity index is 559. The molecule has 0 aliphatic carbocycles. The Morgan fingerprint density at radius 3 is 2.73 bits per heavy atom. The van der Waals surface area contributed by atoms with E-state index in [1.807, 2.05) is 25.2 Å². The summed E-state index contributed by atoms with van der Waals surface area (Å²) in [6.07, 6.45) is 3.89. The molecule has 1 aliphatic heterocycles. The van der Waals surface area contributed by atoms with Crippen molar-refractivity contribution >= 4 is 0 Å². The predicted octanol–water partition coefficient (Wildman–Crippen LogP) is 3.16. The molecule has 1 saturated heterocycles. The number of benzene rings is 1. The van der Waals surface area contributed by atoms with Gasteiger partial charge in [0.05, 0.1) is 5.69 Å². The largest absolute Gasteiger partial charge is 0.356 e. The average Bonchev–Trinajstić information content (AvgIpc) is 3.04. The van der Waals surface area contributed by atoms with E-state index in [2.05, 4.69) is 33.6 Å². The van der Waals surface area contributed by atoms with Crippen molar-refractivity contribution in [3.8, 4) is 11.3 Å². The molecule has 0 spiro atoms. The number of nitrogens with zero attached hydrogens (tertiary/aromatic N) is 2. The summed E-state index contributed by atoms with van der Waals surface area (Å²) in [5.74, 6) is 1.74. The minimum Gasteiger partial charge on any atom is -0.356 e. The molecule has 1 N–H and O–H groups in total. The van der Waals surface area contributed by atoms with Crippen molar-refractivity contribution in [2.24, 2.45) is 5.92 Å². The highest BCUT2D eigenvalue weighted by molar-refractivity contribution is 5.56. The fourth-order valence-electron chi connectivity index (χ4n) is 3.14. The van der Waals surface area contributed by atoms with Gasteiger partial charge in [-0.25, -0.2) is 0 Å². The summed E-state index contributed by atoms with van der Waals surface area (Å²) >= 11 is 0. The smallest absolute Gasteiger partial charge is 0.167 e. The Balaban J connectivity index is 1.51. The first kappa shape index (κ1) is 15.3. The topological polar surface area (TPSA) is 41.3 Å². The van der Waals surface area contributed by atoms with E-state index >= 15 is 0 Å². The van der Waals surface area contributed by atoms with Gasteiger partial charge in [-0.1, -0.05) is 35.5 Å². The van der Waals surface area contributed by atoms with Crippen LogP contribution >= 0.6 is 0 Å². The van der Waals surface area contributed by atoms with Crippen LogP contribution in [0.3, 0.4) is 0 Å². The van der Waals surface area contributed by atoms with Crippen LogP contribution in [0.15, 0.2) is 40.9 Å². The monoisotopic (exact) mass is 299 g/mol. The second-order valence-electron chi connectivity index (χ2n) is 6.16. The van der Waals surface area contributed by atoms with Gasteiger partial charge in [0.15, 0.2) is 5.76 Å². The molecule has 0 bridgehead atoms. The van der Waals surface area contributed by atoms with Gasteiger partial charge in [-0.05, 0) is 51.9 Å². The third-order valence-electron chi connectivity index (χ3n) is 4.51. The van der Waals surface area contributed by atoms with Crippen LogP contribution in [0.25, 0.3) is 11.3 Å². The zero-order valence-electron chi connectivity index (χ0n) is 13.3. The Labute approximate surface area is 132 Å². The highest BCUT2D eigenvalue weighted by atomic mass is 16.5. The lowest BCUT2D eigenvalue weighted by molar-refractivity contribution is 0.169. The van der Waals surface area contributed by atoms with Gasteiger partial charge in [0.1, 0.15) is 0 Å². The number of rotatable bonds is 6. The molecule has 0 amide bonds. The Kier molecular flexibility index (Phi) is 5.24. The minimum absolute atomic E-state index is 0.861. The van der Waals surface area contributed by atoms with Crippen LogP contribution in [0.2, 0.25) is 0 Å². The van der Waals surface area contributed by atoms with E-state index in [4.69, 9.17) is 4.52 Å². The maximum Gasteiger partial charge on any atom is 0.167 e. The zero-order chi connectivity index (χ0) is 15.2. The van der Waals surface area contributed by atoms with Gasteiger partial charge in [-0.15, -0.1) is 0 Å². The molecule has 4 heteroatoms. The predicted molar refractivity (Wildman–Crippen MR) is 88.5 cm³/mol. The van der Waals surface area contributed by atoms with Crippen LogP contribution in [0.4, 0.5) is 0 Å². The van der Waals surface area contributed by atoms with Gasteiger partial charge in [-0.2, -0.15) is 0 Å². The number of hydrogen-bond acceptors (Lipinski definition) is 4. The standard InChI is InChI=1S/C18H25N3O/c1-19-10-7-15-8-11-21(12-9-15)14-17-13-18(22-20-17)16-5-3-2-4-6-16/h2-6,13,15,19H,7-12,14H2,1H3. The van der Waals surface area contributed by atoms with E-state index in [0.29, 0.717) is 0 Å². The molecule has 1 aromatic carbocycles. The lowest BCUT2D eigenvalue weighted by Gasteiger charge is -2.31. The lowest BCUT2D eigenvalue weighted by atomic mass is 9.93. The van der Waals surface area contributed by atoms with E-state index < -0.39 is 0 Å². The lowest BCUT2D eigenvalue weighted by Crippen LogP contribution is -2.34. The van der Waals surface area contributed by atoms with Crippen molar-refractivity contribution in [1.82, 2.24) is 15.4 Å². The van der Waals surface area contributed by atoms with Crippen LogP contribution in [0, 0.1) is 5.92 Å². The number of aromatic nitrogens is 1. The molecule has 22 heavy (non-hydrogen) atoms. The normalized spacial score (nSPS) is 17.0. The van der Waals surface area contributed by atoms with E-state index in [-0.39, 0.29) is 0 Å². The van der Waals surface area contributed by atoms with Crippen molar-refractivity contribution in [3.63, 3.8) is 0 Å². The molecule has 1 aliphatic rings. The Morgan fingerprint density at radius 1 is 1.23 bits per heavy atom. The van der Waals surface area contributed by atoms with Crippen LogP contribution in [-0.2, 0) is 6.54 Å². The number of piperidine rings is 1. The SMILES string of the molecule is CNCCC1CCN(Cc2cc(-c3ccccc3)on2)CC1. The summed E-state index contributed by atoms with van der Waals surface area (Å²) in [6, 6.07) is 12.2. The fourth-order valence-corrected chi connectivity index (χ4v) is 3.14. The van der Waals surface area contributed by atoms with Crippen LogP contribution in [-0.4, -0.2) is 36.7 Å². The third kappa shape index (κ3) is 3.96. The Hall–Kier alpha value is -1.65. The highest BCUT2D eigenvalue weighted by Gasteiger charge is 2.20. The summed E-state index contributed by atoms with van der Waals surface area (Å²) in [4.78, 5) is 2.49. The molecule has 1 fully saturated rings. The highest BCUT2D eigenvalue weighted by Crippen LogP contribution is 2.23. The van der Waals surface area contributed by atoms with Crippen molar-refractivity contribution in [2.75, 3.05) is 26.7 Å². The van der Waals surface area contributed by atoms with Crippen LogP contribution < -0.4 is 5.32 Å². The van der Waals surface area contributed by atoms with Gasteiger partial charge >= 0.3 is 0 Å². The molecule has 0 radical (unpaired) electrons. The molecule has 0 unspecified atom stereocenters. The molecule has 0 atom stereocenters. The summed E-state index contributed by atoms with van der Waals surface area (Å²) < 4.78 is 5.48. The first-order valence-corrected chi connectivity index (χ1v) is 8.23. The quantitative estimate of drug-likeness (QED) is 0.889. The first-order valence-electron chi connectivity index (χ1n) is 8.23. The number of hydrogen-bond donors (Lipinski definition) is 1. The maximum atomic E-state index is 5.48. The number of nitrogens with one attached hydrogen (secondary N) is 1. The molecular weight excluding hydrogens is 274 g/mol. The summed E-state index contributed by atoms with van der Waals surface area (Å²) in [6.45, 7) is 4.37. The van der Waals surface area contributed by atoms with E-state index in [0.717, 1.165) is 36.0 Å².